The third kappa shape index (κ3) is 3.88. The molecule has 0 radical (unpaired) electrons. The summed E-state index contributed by atoms with van der Waals surface area (Å²) < 4.78 is 0. The highest BCUT2D eigenvalue weighted by Gasteiger charge is 2.32. The summed E-state index contributed by atoms with van der Waals surface area (Å²) in [4.78, 5) is 0. The van der Waals surface area contributed by atoms with Crippen molar-refractivity contribution in [1.82, 2.24) is 0 Å². The van der Waals surface area contributed by atoms with Crippen LogP contribution in [0.2, 0.25) is 0 Å². The van der Waals surface area contributed by atoms with E-state index in [0.717, 1.165) is 18.4 Å². The van der Waals surface area contributed by atoms with Crippen LogP contribution in [0, 0.1) is 17.8 Å². The van der Waals surface area contributed by atoms with Gasteiger partial charge in [-0.25, -0.2) is 0 Å². The van der Waals surface area contributed by atoms with E-state index in [1.54, 1.807) is 0 Å². The fourth-order valence-corrected chi connectivity index (χ4v) is 3.79. The van der Waals surface area contributed by atoms with Gasteiger partial charge < -0.3 is 5.73 Å². The lowest BCUT2D eigenvalue weighted by atomic mass is 9.68. The summed E-state index contributed by atoms with van der Waals surface area (Å²) in [5.41, 5.74) is 9.21. The summed E-state index contributed by atoms with van der Waals surface area (Å²) >= 11 is 0. The van der Waals surface area contributed by atoms with E-state index in [0.29, 0.717) is 11.8 Å². The molecule has 118 valence electrons. The van der Waals surface area contributed by atoms with Crippen molar-refractivity contribution < 1.29 is 0 Å². The lowest BCUT2D eigenvalue weighted by Crippen LogP contribution is -2.30. The van der Waals surface area contributed by atoms with Crippen LogP contribution in [-0.4, -0.2) is 6.54 Å². The molecule has 1 aromatic rings. The Morgan fingerprint density at radius 1 is 1.10 bits per heavy atom. The van der Waals surface area contributed by atoms with Crippen molar-refractivity contribution in [3.05, 3.63) is 35.4 Å². The van der Waals surface area contributed by atoms with Crippen LogP contribution < -0.4 is 5.73 Å². The van der Waals surface area contributed by atoms with Gasteiger partial charge in [0.1, 0.15) is 0 Å². The molecule has 0 heterocycles. The fourth-order valence-electron chi connectivity index (χ4n) is 3.79. The topological polar surface area (TPSA) is 26.0 Å². The minimum absolute atomic E-state index is 0.235. The van der Waals surface area contributed by atoms with Gasteiger partial charge in [-0.3, -0.25) is 0 Å². The van der Waals surface area contributed by atoms with Gasteiger partial charge >= 0.3 is 0 Å². The zero-order valence-electron chi connectivity index (χ0n) is 14.5. The Hall–Kier alpha value is -0.820. The maximum Gasteiger partial charge on any atom is -0.00430 e. The molecule has 0 spiro atoms. The minimum Gasteiger partial charge on any atom is -0.330 e. The average molecular weight is 287 g/mol. The van der Waals surface area contributed by atoms with Crippen LogP contribution in [0.25, 0.3) is 0 Å². The van der Waals surface area contributed by atoms with Crippen LogP contribution in [0.3, 0.4) is 0 Å². The molecule has 0 aliphatic heterocycles. The summed E-state index contributed by atoms with van der Waals surface area (Å²) in [6, 6.07) is 9.36. The molecule has 2 rings (SSSR count). The standard InChI is InChI=1S/C20H33N/c1-14(2)16-6-7-17(13-21)19(12-16)15-8-10-18(11-9-15)20(3,4)5/h8-11,14,16-17,19H,6-7,12-13,21H2,1-5H3. The molecular weight excluding hydrogens is 254 g/mol. The van der Waals surface area contributed by atoms with E-state index in [-0.39, 0.29) is 5.41 Å². The normalized spacial score (nSPS) is 27.1. The summed E-state index contributed by atoms with van der Waals surface area (Å²) in [6.07, 6.45) is 3.97. The van der Waals surface area contributed by atoms with Crippen LogP contribution in [0.4, 0.5) is 0 Å². The van der Waals surface area contributed by atoms with Gasteiger partial charge in [0.25, 0.3) is 0 Å². The number of hydrogen-bond acceptors (Lipinski definition) is 1. The van der Waals surface area contributed by atoms with Crippen LogP contribution in [0.1, 0.15) is 70.9 Å². The highest BCUT2D eigenvalue weighted by atomic mass is 14.6. The molecule has 3 unspecified atom stereocenters. The second-order valence-corrected chi connectivity index (χ2v) is 8.29. The van der Waals surface area contributed by atoms with Gasteiger partial charge in [-0.05, 0) is 66.0 Å². The Morgan fingerprint density at radius 3 is 2.19 bits per heavy atom. The third-order valence-electron chi connectivity index (χ3n) is 5.48. The summed E-state index contributed by atoms with van der Waals surface area (Å²) in [7, 11) is 0. The van der Waals surface area contributed by atoms with Gasteiger partial charge in [0.05, 0.1) is 0 Å². The van der Waals surface area contributed by atoms with Crippen molar-refractivity contribution in [2.75, 3.05) is 6.54 Å². The molecule has 1 aliphatic carbocycles. The molecular formula is C20H33N. The lowest BCUT2D eigenvalue weighted by Gasteiger charge is -2.38. The number of rotatable bonds is 3. The van der Waals surface area contributed by atoms with Crippen LogP contribution in [-0.2, 0) is 5.41 Å². The smallest absolute Gasteiger partial charge is 0.00430 e. The Morgan fingerprint density at radius 2 is 1.71 bits per heavy atom. The molecule has 2 N–H and O–H groups in total. The van der Waals surface area contributed by atoms with Crippen molar-refractivity contribution in [1.29, 1.82) is 0 Å². The molecule has 21 heavy (non-hydrogen) atoms. The fraction of sp³-hybridized carbons (Fsp3) is 0.700. The van der Waals surface area contributed by atoms with Crippen molar-refractivity contribution in [2.45, 2.75) is 65.2 Å². The van der Waals surface area contributed by atoms with Crippen molar-refractivity contribution in [2.24, 2.45) is 23.5 Å². The Bertz CT molecular complexity index is 438. The summed E-state index contributed by atoms with van der Waals surface area (Å²) in [6.45, 7) is 12.4. The molecule has 1 saturated carbocycles. The largest absolute Gasteiger partial charge is 0.330 e. The van der Waals surface area contributed by atoms with Gasteiger partial charge in [-0.2, -0.15) is 0 Å². The first-order valence-electron chi connectivity index (χ1n) is 8.63. The highest BCUT2D eigenvalue weighted by molar-refractivity contribution is 5.30. The highest BCUT2D eigenvalue weighted by Crippen LogP contribution is 2.43. The maximum atomic E-state index is 6.05. The van der Waals surface area contributed by atoms with Crippen molar-refractivity contribution in [3.63, 3.8) is 0 Å². The average Bonchev–Trinajstić information content (AvgIpc) is 2.45. The minimum atomic E-state index is 0.235. The lowest BCUT2D eigenvalue weighted by molar-refractivity contribution is 0.197. The Kier molecular flexibility index (Phi) is 5.14. The van der Waals surface area contributed by atoms with Crippen molar-refractivity contribution >= 4 is 0 Å². The van der Waals surface area contributed by atoms with Gasteiger partial charge in [0.2, 0.25) is 0 Å². The summed E-state index contributed by atoms with van der Waals surface area (Å²) in [5.74, 6) is 2.98. The molecule has 1 aliphatic rings. The van der Waals surface area contributed by atoms with Crippen LogP contribution >= 0.6 is 0 Å². The molecule has 0 aromatic heterocycles. The summed E-state index contributed by atoms with van der Waals surface area (Å²) in [5, 5.41) is 0. The number of hydrogen-bond donors (Lipinski definition) is 1. The molecule has 1 aromatic carbocycles. The first-order valence-corrected chi connectivity index (χ1v) is 8.63. The molecule has 0 bridgehead atoms. The molecule has 3 atom stereocenters. The van der Waals surface area contributed by atoms with Gasteiger partial charge in [-0.15, -0.1) is 0 Å². The van der Waals surface area contributed by atoms with Gasteiger partial charge in [0.15, 0.2) is 0 Å². The zero-order chi connectivity index (χ0) is 15.6. The van der Waals surface area contributed by atoms with Gasteiger partial charge in [-0.1, -0.05) is 58.9 Å². The first-order chi connectivity index (χ1) is 9.82. The third-order valence-corrected chi connectivity index (χ3v) is 5.48. The number of benzene rings is 1. The second kappa shape index (κ2) is 6.52. The van der Waals surface area contributed by atoms with Crippen LogP contribution in [0.5, 0.6) is 0 Å². The zero-order valence-corrected chi connectivity index (χ0v) is 14.5. The van der Waals surface area contributed by atoms with E-state index in [1.165, 1.54) is 30.4 Å². The van der Waals surface area contributed by atoms with E-state index in [2.05, 4.69) is 58.9 Å². The quantitative estimate of drug-likeness (QED) is 0.822. The molecule has 1 heteroatoms. The molecule has 0 saturated heterocycles. The van der Waals surface area contributed by atoms with E-state index in [4.69, 9.17) is 5.73 Å². The molecule has 1 nitrogen and oxygen atoms in total. The SMILES string of the molecule is CC(C)C1CCC(CN)C(c2ccc(C(C)(C)C)cc2)C1. The van der Waals surface area contributed by atoms with E-state index < -0.39 is 0 Å². The monoisotopic (exact) mass is 287 g/mol. The predicted molar refractivity (Wildman–Crippen MR) is 92.6 cm³/mol. The van der Waals surface area contributed by atoms with Crippen LogP contribution in [0.15, 0.2) is 24.3 Å². The molecule has 1 fully saturated rings. The maximum absolute atomic E-state index is 6.05. The Labute approximate surface area is 131 Å². The Balaban J connectivity index is 2.20. The van der Waals surface area contributed by atoms with E-state index in [1.807, 2.05) is 0 Å². The van der Waals surface area contributed by atoms with E-state index in [9.17, 15) is 0 Å². The predicted octanol–water partition coefficient (Wildman–Crippen LogP) is 5.10. The first kappa shape index (κ1) is 16.5. The molecule has 0 amide bonds. The second-order valence-electron chi connectivity index (χ2n) is 8.29. The van der Waals surface area contributed by atoms with E-state index >= 15 is 0 Å². The van der Waals surface area contributed by atoms with Gasteiger partial charge in [0, 0.05) is 0 Å². The van der Waals surface area contributed by atoms with Crippen molar-refractivity contribution in [3.8, 4) is 0 Å². The number of nitrogens with two attached hydrogens (primary N) is 1.